The van der Waals surface area contributed by atoms with Crippen molar-refractivity contribution in [1.82, 2.24) is 4.90 Å². The fourth-order valence-corrected chi connectivity index (χ4v) is 4.26. The molecule has 146 valence electrons. The third-order valence-corrected chi connectivity index (χ3v) is 5.93. The number of hydrogen-bond acceptors (Lipinski definition) is 5. The minimum atomic E-state index is -0.483. The van der Waals surface area contributed by atoms with Gasteiger partial charge in [0, 0.05) is 12.1 Å². The molecule has 1 heterocycles. The van der Waals surface area contributed by atoms with E-state index in [0.717, 1.165) is 17.3 Å². The molecule has 3 rings (SSSR count). The van der Waals surface area contributed by atoms with Crippen molar-refractivity contribution in [3.8, 4) is 11.5 Å². The van der Waals surface area contributed by atoms with Gasteiger partial charge >= 0.3 is 0 Å². The predicted octanol–water partition coefficient (Wildman–Crippen LogP) is 4.94. The van der Waals surface area contributed by atoms with E-state index in [0.29, 0.717) is 33.7 Å². The summed E-state index contributed by atoms with van der Waals surface area (Å²) >= 11 is 12.5. The van der Waals surface area contributed by atoms with Crippen molar-refractivity contribution in [2.24, 2.45) is 0 Å². The first-order valence-electron chi connectivity index (χ1n) is 8.35. The van der Waals surface area contributed by atoms with E-state index in [1.165, 1.54) is 23.1 Å². The Kier molecular flexibility index (Phi) is 6.59. The van der Waals surface area contributed by atoms with Crippen molar-refractivity contribution >= 4 is 51.9 Å². The summed E-state index contributed by atoms with van der Waals surface area (Å²) in [4.78, 5) is 14.6. The Labute approximate surface area is 177 Å². The van der Waals surface area contributed by atoms with Gasteiger partial charge in [-0.3, -0.25) is 9.69 Å². The summed E-state index contributed by atoms with van der Waals surface area (Å²) in [7, 11) is 3.15. The van der Waals surface area contributed by atoms with Crippen molar-refractivity contribution in [3.05, 3.63) is 63.3 Å². The van der Waals surface area contributed by atoms with Crippen LogP contribution in [0.25, 0.3) is 6.08 Å². The molecule has 0 N–H and O–H groups in total. The number of carbonyl (C=O) groups excluding carboxylic acids is 1. The number of carbonyl (C=O) groups is 1. The zero-order chi connectivity index (χ0) is 20.3. The van der Waals surface area contributed by atoms with E-state index >= 15 is 0 Å². The van der Waals surface area contributed by atoms with Gasteiger partial charge in [0.05, 0.1) is 24.1 Å². The van der Waals surface area contributed by atoms with E-state index in [9.17, 15) is 9.18 Å². The Morgan fingerprint density at radius 2 is 1.96 bits per heavy atom. The third-order valence-electron chi connectivity index (χ3n) is 4.22. The van der Waals surface area contributed by atoms with Crippen LogP contribution >= 0.6 is 35.6 Å². The summed E-state index contributed by atoms with van der Waals surface area (Å²) in [6, 6.07) is 9.99. The second kappa shape index (κ2) is 8.94. The average molecular weight is 438 g/mol. The molecule has 1 aliphatic rings. The summed E-state index contributed by atoms with van der Waals surface area (Å²) in [5.74, 6) is 0.527. The van der Waals surface area contributed by atoms with Gasteiger partial charge in [0.1, 0.15) is 10.1 Å². The largest absolute Gasteiger partial charge is 0.493 e. The molecule has 28 heavy (non-hydrogen) atoms. The molecule has 1 aliphatic heterocycles. The number of thiocarbonyl (C=S) groups is 1. The second-order valence-corrected chi connectivity index (χ2v) is 7.99. The van der Waals surface area contributed by atoms with E-state index in [1.807, 2.05) is 18.2 Å². The van der Waals surface area contributed by atoms with Gasteiger partial charge in [-0.2, -0.15) is 0 Å². The molecule has 0 aliphatic carbocycles. The normalized spacial score (nSPS) is 15.4. The number of ether oxygens (including phenoxy) is 2. The lowest BCUT2D eigenvalue weighted by atomic mass is 10.1. The molecule has 0 atom stereocenters. The number of nitrogens with zero attached hydrogens (tertiary/aromatic N) is 1. The molecule has 0 unspecified atom stereocenters. The van der Waals surface area contributed by atoms with Gasteiger partial charge in [0.25, 0.3) is 5.91 Å². The highest BCUT2D eigenvalue weighted by Gasteiger charge is 2.32. The molecule has 1 saturated heterocycles. The first kappa shape index (κ1) is 20.6. The maximum atomic E-state index is 14.0. The maximum absolute atomic E-state index is 14.0. The monoisotopic (exact) mass is 437 g/mol. The van der Waals surface area contributed by atoms with Crippen LogP contribution in [-0.2, 0) is 11.2 Å². The van der Waals surface area contributed by atoms with Gasteiger partial charge in [-0.25, -0.2) is 4.39 Å². The average Bonchev–Trinajstić information content (AvgIpc) is 2.95. The van der Waals surface area contributed by atoms with Crippen LogP contribution in [0.5, 0.6) is 11.5 Å². The fourth-order valence-electron chi connectivity index (χ4n) is 2.75. The van der Waals surface area contributed by atoms with Gasteiger partial charge < -0.3 is 9.47 Å². The molecular formula is C20H17ClFNO3S2. The molecular weight excluding hydrogens is 421 g/mol. The number of benzene rings is 2. The van der Waals surface area contributed by atoms with Crippen molar-refractivity contribution < 1.29 is 18.7 Å². The highest BCUT2D eigenvalue weighted by molar-refractivity contribution is 8.26. The SMILES string of the molecule is COc1ccc(CCN2C(=O)/C(=C/c3c(F)cccc3Cl)SC2=S)cc1OC. The highest BCUT2D eigenvalue weighted by atomic mass is 35.5. The Balaban J connectivity index is 1.75. The molecule has 0 radical (unpaired) electrons. The Bertz CT molecular complexity index is 944. The van der Waals surface area contributed by atoms with Crippen LogP contribution in [0.15, 0.2) is 41.3 Å². The van der Waals surface area contributed by atoms with Crippen LogP contribution in [0.4, 0.5) is 4.39 Å². The minimum Gasteiger partial charge on any atom is -0.493 e. The zero-order valence-electron chi connectivity index (χ0n) is 15.2. The number of methoxy groups -OCH3 is 2. The van der Waals surface area contributed by atoms with E-state index in [-0.39, 0.29) is 16.5 Å². The summed E-state index contributed by atoms with van der Waals surface area (Å²) in [6.45, 7) is 0.405. The van der Waals surface area contributed by atoms with Crippen LogP contribution in [-0.4, -0.2) is 35.9 Å². The fraction of sp³-hybridized carbons (Fsp3) is 0.200. The molecule has 2 aromatic carbocycles. The van der Waals surface area contributed by atoms with Crippen LogP contribution < -0.4 is 9.47 Å². The molecule has 2 aromatic rings. The van der Waals surface area contributed by atoms with Crippen LogP contribution in [0.2, 0.25) is 5.02 Å². The topological polar surface area (TPSA) is 38.8 Å². The summed E-state index contributed by atoms with van der Waals surface area (Å²) in [5.41, 5.74) is 1.16. The van der Waals surface area contributed by atoms with E-state index < -0.39 is 5.82 Å². The van der Waals surface area contributed by atoms with Crippen molar-refractivity contribution in [1.29, 1.82) is 0 Å². The van der Waals surface area contributed by atoms with Crippen LogP contribution in [0.1, 0.15) is 11.1 Å². The molecule has 0 saturated carbocycles. The Hall–Kier alpha value is -2.09. The van der Waals surface area contributed by atoms with Crippen molar-refractivity contribution in [3.63, 3.8) is 0 Å². The van der Waals surface area contributed by atoms with E-state index in [1.54, 1.807) is 20.3 Å². The molecule has 1 amide bonds. The van der Waals surface area contributed by atoms with E-state index in [4.69, 9.17) is 33.3 Å². The lowest BCUT2D eigenvalue weighted by molar-refractivity contribution is -0.122. The molecule has 4 nitrogen and oxygen atoms in total. The first-order valence-corrected chi connectivity index (χ1v) is 9.95. The molecule has 1 fully saturated rings. The summed E-state index contributed by atoms with van der Waals surface area (Å²) in [5, 5.41) is 0.246. The van der Waals surface area contributed by atoms with Crippen LogP contribution in [0, 0.1) is 5.82 Å². The van der Waals surface area contributed by atoms with Gasteiger partial charge in [-0.15, -0.1) is 0 Å². The number of hydrogen-bond donors (Lipinski definition) is 0. The van der Waals surface area contributed by atoms with Crippen LogP contribution in [0.3, 0.4) is 0 Å². The quantitative estimate of drug-likeness (QED) is 0.472. The van der Waals surface area contributed by atoms with Crippen molar-refractivity contribution in [2.45, 2.75) is 6.42 Å². The number of rotatable bonds is 6. The molecule has 0 spiro atoms. The van der Waals surface area contributed by atoms with E-state index in [2.05, 4.69) is 0 Å². The first-order chi connectivity index (χ1) is 13.4. The minimum absolute atomic E-state index is 0.185. The van der Waals surface area contributed by atoms with Gasteiger partial charge in [0.15, 0.2) is 11.5 Å². The third kappa shape index (κ3) is 4.32. The van der Waals surface area contributed by atoms with Gasteiger partial charge in [-0.05, 0) is 42.3 Å². The van der Waals surface area contributed by atoms with Gasteiger partial charge in [-0.1, -0.05) is 47.7 Å². The summed E-state index contributed by atoms with van der Waals surface area (Å²) < 4.78 is 25.0. The molecule has 0 aromatic heterocycles. The Morgan fingerprint density at radius 1 is 1.21 bits per heavy atom. The smallest absolute Gasteiger partial charge is 0.266 e. The summed E-state index contributed by atoms with van der Waals surface area (Å²) in [6.07, 6.45) is 2.04. The standard InChI is InChI=1S/C20H17ClFNO3S2/c1-25-16-7-6-12(10-17(16)26-2)8-9-23-19(24)18(28-20(23)27)11-13-14(21)4-3-5-15(13)22/h3-7,10-11H,8-9H2,1-2H3/b18-11-. The number of halogens is 2. The zero-order valence-corrected chi connectivity index (χ0v) is 17.6. The lowest BCUT2D eigenvalue weighted by Crippen LogP contribution is -2.30. The lowest BCUT2D eigenvalue weighted by Gasteiger charge is -2.15. The second-order valence-electron chi connectivity index (χ2n) is 5.91. The molecule has 8 heteroatoms. The van der Waals surface area contributed by atoms with Crippen molar-refractivity contribution in [2.75, 3.05) is 20.8 Å². The van der Waals surface area contributed by atoms with Gasteiger partial charge in [0.2, 0.25) is 0 Å². The number of amides is 1. The predicted molar refractivity (Wildman–Crippen MR) is 115 cm³/mol. The molecule has 0 bridgehead atoms. The maximum Gasteiger partial charge on any atom is 0.266 e. The Morgan fingerprint density at radius 3 is 2.64 bits per heavy atom. The highest BCUT2D eigenvalue weighted by Crippen LogP contribution is 2.35. The number of thioether (sulfide) groups is 1.